The Hall–Kier alpha value is -2.37. The SMILES string of the molecule is Cc1occc1C(=O)N1CCC(N(C)c2cccnn2)CC1. The van der Waals surface area contributed by atoms with Gasteiger partial charge in [-0.2, -0.15) is 5.10 Å². The molecule has 3 heterocycles. The number of hydrogen-bond acceptors (Lipinski definition) is 5. The van der Waals surface area contributed by atoms with Crippen LogP contribution in [0.5, 0.6) is 0 Å². The summed E-state index contributed by atoms with van der Waals surface area (Å²) >= 11 is 0. The second kappa shape index (κ2) is 6.17. The molecule has 22 heavy (non-hydrogen) atoms. The van der Waals surface area contributed by atoms with Crippen LogP contribution in [0.4, 0.5) is 5.82 Å². The summed E-state index contributed by atoms with van der Waals surface area (Å²) in [6.07, 6.45) is 5.09. The van der Waals surface area contributed by atoms with Crippen molar-refractivity contribution in [3.63, 3.8) is 0 Å². The summed E-state index contributed by atoms with van der Waals surface area (Å²) in [4.78, 5) is 16.5. The third-order valence-corrected chi connectivity index (χ3v) is 4.31. The Kier molecular flexibility index (Phi) is 4.09. The van der Waals surface area contributed by atoms with E-state index >= 15 is 0 Å². The van der Waals surface area contributed by atoms with Crippen LogP contribution in [0.1, 0.15) is 29.0 Å². The van der Waals surface area contributed by atoms with E-state index in [2.05, 4.69) is 15.1 Å². The number of hydrogen-bond donors (Lipinski definition) is 0. The molecule has 2 aromatic rings. The average Bonchev–Trinajstić information content (AvgIpc) is 3.00. The minimum absolute atomic E-state index is 0.0619. The molecule has 1 aliphatic heterocycles. The zero-order valence-electron chi connectivity index (χ0n) is 12.9. The van der Waals surface area contributed by atoms with Crippen molar-refractivity contribution in [3.05, 3.63) is 42.0 Å². The second-order valence-electron chi connectivity index (χ2n) is 5.61. The van der Waals surface area contributed by atoms with Gasteiger partial charge in [-0.05, 0) is 38.0 Å². The molecule has 1 amide bonds. The van der Waals surface area contributed by atoms with E-state index in [1.54, 1.807) is 18.5 Å². The summed E-state index contributed by atoms with van der Waals surface area (Å²) in [5.41, 5.74) is 0.667. The highest BCUT2D eigenvalue weighted by Crippen LogP contribution is 2.22. The van der Waals surface area contributed by atoms with Gasteiger partial charge in [-0.3, -0.25) is 4.79 Å². The molecule has 6 nitrogen and oxygen atoms in total. The largest absolute Gasteiger partial charge is 0.469 e. The lowest BCUT2D eigenvalue weighted by Crippen LogP contribution is -2.46. The molecule has 0 bridgehead atoms. The Bertz CT molecular complexity index is 633. The predicted octanol–water partition coefficient (Wildman–Crippen LogP) is 2.12. The van der Waals surface area contributed by atoms with Gasteiger partial charge >= 0.3 is 0 Å². The van der Waals surface area contributed by atoms with Crippen molar-refractivity contribution in [2.45, 2.75) is 25.8 Å². The Morgan fingerprint density at radius 2 is 2.14 bits per heavy atom. The van der Waals surface area contributed by atoms with E-state index in [1.165, 1.54) is 0 Å². The first-order valence-electron chi connectivity index (χ1n) is 7.50. The van der Waals surface area contributed by atoms with Crippen LogP contribution in [-0.4, -0.2) is 47.2 Å². The molecular formula is C16H20N4O2. The molecule has 0 aliphatic carbocycles. The molecule has 1 saturated heterocycles. The lowest BCUT2D eigenvalue weighted by Gasteiger charge is -2.37. The van der Waals surface area contributed by atoms with Crippen LogP contribution in [0.3, 0.4) is 0 Å². The molecule has 0 atom stereocenters. The molecule has 116 valence electrons. The van der Waals surface area contributed by atoms with E-state index in [0.29, 0.717) is 17.4 Å². The summed E-state index contributed by atoms with van der Waals surface area (Å²) in [7, 11) is 2.03. The van der Waals surface area contributed by atoms with Gasteiger partial charge < -0.3 is 14.2 Å². The number of aromatic nitrogens is 2. The number of likely N-dealkylation sites (tertiary alicyclic amines) is 1. The van der Waals surface area contributed by atoms with Crippen molar-refractivity contribution in [1.29, 1.82) is 0 Å². The second-order valence-corrected chi connectivity index (χ2v) is 5.61. The van der Waals surface area contributed by atoms with Crippen molar-refractivity contribution < 1.29 is 9.21 Å². The van der Waals surface area contributed by atoms with E-state index < -0.39 is 0 Å². The molecule has 0 radical (unpaired) electrons. The van der Waals surface area contributed by atoms with Gasteiger partial charge in [-0.25, -0.2) is 0 Å². The van der Waals surface area contributed by atoms with Crippen LogP contribution in [-0.2, 0) is 0 Å². The molecule has 3 rings (SSSR count). The molecule has 0 saturated carbocycles. The summed E-state index contributed by atoms with van der Waals surface area (Å²) in [6.45, 7) is 3.32. The van der Waals surface area contributed by atoms with Gasteiger partial charge in [0.05, 0.1) is 11.8 Å². The maximum atomic E-state index is 12.5. The lowest BCUT2D eigenvalue weighted by molar-refractivity contribution is 0.0711. The van der Waals surface area contributed by atoms with Crippen molar-refractivity contribution in [3.8, 4) is 0 Å². The van der Waals surface area contributed by atoms with Crippen LogP contribution in [0.15, 0.2) is 35.1 Å². The van der Waals surface area contributed by atoms with Crippen molar-refractivity contribution in [2.24, 2.45) is 0 Å². The molecule has 2 aromatic heterocycles. The smallest absolute Gasteiger partial charge is 0.257 e. The molecule has 6 heteroatoms. The van der Waals surface area contributed by atoms with E-state index in [1.807, 2.05) is 31.0 Å². The van der Waals surface area contributed by atoms with Gasteiger partial charge in [-0.15, -0.1) is 5.10 Å². The van der Waals surface area contributed by atoms with Crippen LogP contribution in [0.25, 0.3) is 0 Å². The van der Waals surface area contributed by atoms with Crippen molar-refractivity contribution in [1.82, 2.24) is 15.1 Å². The van der Waals surface area contributed by atoms with Gasteiger partial charge in [0.15, 0.2) is 5.82 Å². The standard InChI is InChI=1S/C16H20N4O2/c1-12-14(7-11-22-12)16(21)20-9-5-13(6-10-20)19(2)15-4-3-8-17-18-15/h3-4,7-8,11,13H,5-6,9-10H2,1-2H3. The van der Waals surface area contributed by atoms with Gasteiger partial charge in [-0.1, -0.05) is 0 Å². The van der Waals surface area contributed by atoms with Crippen LogP contribution >= 0.6 is 0 Å². The van der Waals surface area contributed by atoms with E-state index in [4.69, 9.17) is 4.42 Å². The monoisotopic (exact) mass is 300 g/mol. The molecule has 0 aromatic carbocycles. The predicted molar refractivity (Wildman–Crippen MR) is 82.8 cm³/mol. The zero-order chi connectivity index (χ0) is 15.5. The van der Waals surface area contributed by atoms with Gasteiger partial charge in [0, 0.05) is 32.4 Å². The van der Waals surface area contributed by atoms with E-state index in [-0.39, 0.29) is 5.91 Å². The Morgan fingerprint density at radius 1 is 1.36 bits per heavy atom. The molecule has 0 spiro atoms. The molecular weight excluding hydrogens is 280 g/mol. The van der Waals surface area contributed by atoms with E-state index in [9.17, 15) is 4.79 Å². The number of anilines is 1. The normalized spacial score (nSPS) is 15.8. The molecule has 0 unspecified atom stereocenters. The number of aryl methyl sites for hydroxylation is 1. The summed E-state index contributed by atoms with van der Waals surface area (Å²) in [6, 6.07) is 5.97. The Balaban J connectivity index is 1.61. The van der Waals surface area contributed by atoms with Gasteiger partial charge in [0.25, 0.3) is 5.91 Å². The average molecular weight is 300 g/mol. The first-order valence-corrected chi connectivity index (χ1v) is 7.50. The number of piperidine rings is 1. The van der Waals surface area contributed by atoms with Crippen LogP contribution < -0.4 is 4.90 Å². The number of amides is 1. The Labute approximate surface area is 129 Å². The molecule has 0 N–H and O–H groups in total. The highest BCUT2D eigenvalue weighted by Gasteiger charge is 2.27. The van der Waals surface area contributed by atoms with Gasteiger partial charge in [0.1, 0.15) is 5.76 Å². The highest BCUT2D eigenvalue weighted by atomic mass is 16.3. The number of rotatable bonds is 3. The van der Waals surface area contributed by atoms with E-state index in [0.717, 1.165) is 31.7 Å². The summed E-state index contributed by atoms with van der Waals surface area (Å²) in [5.74, 6) is 1.62. The quantitative estimate of drug-likeness (QED) is 0.869. The third kappa shape index (κ3) is 2.81. The fourth-order valence-electron chi connectivity index (χ4n) is 2.90. The maximum absolute atomic E-state index is 12.5. The van der Waals surface area contributed by atoms with Crippen molar-refractivity contribution >= 4 is 11.7 Å². The molecule has 1 fully saturated rings. The number of carbonyl (C=O) groups is 1. The molecule has 1 aliphatic rings. The summed E-state index contributed by atoms with van der Waals surface area (Å²) in [5, 5.41) is 8.06. The summed E-state index contributed by atoms with van der Waals surface area (Å²) < 4.78 is 5.22. The topological polar surface area (TPSA) is 62.5 Å². The number of nitrogens with zero attached hydrogens (tertiary/aromatic N) is 4. The van der Waals surface area contributed by atoms with Crippen molar-refractivity contribution in [2.75, 3.05) is 25.0 Å². The first-order chi connectivity index (χ1) is 10.7. The number of furan rings is 1. The third-order valence-electron chi connectivity index (χ3n) is 4.31. The maximum Gasteiger partial charge on any atom is 0.257 e. The van der Waals surface area contributed by atoms with Crippen LogP contribution in [0.2, 0.25) is 0 Å². The minimum Gasteiger partial charge on any atom is -0.469 e. The first kappa shape index (κ1) is 14.6. The lowest BCUT2D eigenvalue weighted by atomic mass is 10.0. The fraction of sp³-hybridized carbons (Fsp3) is 0.438. The highest BCUT2D eigenvalue weighted by molar-refractivity contribution is 5.95. The minimum atomic E-state index is 0.0619. The Morgan fingerprint density at radius 3 is 2.73 bits per heavy atom. The zero-order valence-corrected chi connectivity index (χ0v) is 12.9. The van der Waals surface area contributed by atoms with Gasteiger partial charge in [0.2, 0.25) is 0 Å². The fourth-order valence-corrected chi connectivity index (χ4v) is 2.90. The van der Waals surface area contributed by atoms with Crippen LogP contribution in [0, 0.1) is 6.92 Å². The number of carbonyl (C=O) groups excluding carboxylic acids is 1.